The molecule has 1 aromatic carbocycles. The zero-order valence-electron chi connectivity index (χ0n) is 9.70. The molecule has 0 fully saturated rings. The Balaban J connectivity index is 0.000000531. The minimum Gasteiger partial charge on any atom is -0.388 e. The van der Waals surface area contributed by atoms with Crippen molar-refractivity contribution in [3.63, 3.8) is 0 Å². The van der Waals surface area contributed by atoms with Crippen molar-refractivity contribution < 1.29 is 0 Å². The summed E-state index contributed by atoms with van der Waals surface area (Å²) in [7, 11) is 1.90. The van der Waals surface area contributed by atoms with Crippen molar-refractivity contribution in [2.75, 3.05) is 12.4 Å². The molecule has 0 saturated carbocycles. The second kappa shape index (κ2) is 5.29. The molecule has 80 valence electrons. The first-order valence-corrected chi connectivity index (χ1v) is 5.21. The molecule has 3 nitrogen and oxygen atoms in total. The molecule has 15 heavy (non-hydrogen) atoms. The Morgan fingerprint density at radius 2 is 1.93 bits per heavy atom. The van der Waals surface area contributed by atoms with Crippen molar-refractivity contribution in [1.29, 1.82) is 0 Å². The van der Waals surface area contributed by atoms with Crippen LogP contribution in [0.4, 0.5) is 5.69 Å². The third-order valence-electron chi connectivity index (χ3n) is 1.99. The van der Waals surface area contributed by atoms with Gasteiger partial charge in [-0.2, -0.15) is 0 Å². The highest BCUT2D eigenvalue weighted by molar-refractivity contribution is 5.81. The van der Waals surface area contributed by atoms with E-state index in [0.717, 1.165) is 22.4 Å². The highest BCUT2D eigenvalue weighted by atomic mass is 14.9. The van der Waals surface area contributed by atoms with Crippen molar-refractivity contribution in [2.45, 2.75) is 20.8 Å². The number of benzene rings is 1. The molecule has 1 heterocycles. The van der Waals surface area contributed by atoms with E-state index in [1.807, 2.05) is 52.2 Å². The fraction of sp³-hybridized carbons (Fsp3) is 0.333. The van der Waals surface area contributed by atoms with Crippen LogP contribution in [-0.4, -0.2) is 17.0 Å². The van der Waals surface area contributed by atoms with Crippen LogP contribution in [0.3, 0.4) is 0 Å². The van der Waals surface area contributed by atoms with Gasteiger partial charge in [-0.1, -0.05) is 13.8 Å². The molecule has 0 amide bonds. The third-order valence-corrected chi connectivity index (χ3v) is 1.99. The van der Waals surface area contributed by atoms with Crippen LogP contribution in [0.2, 0.25) is 0 Å². The fourth-order valence-corrected chi connectivity index (χ4v) is 1.28. The van der Waals surface area contributed by atoms with Gasteiger partial charge in [0, 0.05) is 24.3 Å². The largest absolute Gasteiger partial charge is 0.388 e. The zero-order valence-corrected chi connectivity index (χ0v) is 9.70. The Bertz CT molecular complexity index is 438. The van der Waals surface area contributed by atoms with Gasteiger partial charge in [-0.15, -0.1) is 0 Å². The SMILES string of the molecule is CC.CNc1ccc2nc(C)ncc2c1. The molecule has 0 aliphatic carbocycles. The molecule has 3 heteroatoms. The van der Waals surface area contributed by atoms with Crippen LogP contribution in [0.1, 0.15) is 19.7 Å². The average Bonchev–Trinajstić information content (AvgIpc) is 2.31. The van der Waals surface area contributed by atoms with Crippen molar-refractivity contribution in [3.05, 3.63) is 30.2 Å². The Morgan fingerprint density at radius 3 is 2.60 bits per heavy atom. The van der Waals surface area contributed by atoms with Crippen molar-refractivity contribution in [2.24, 2.45) is 0 Å². The first-order chi connectivity index (χ1) is 7.29. The van der Waals surface area contributed by atoms with Crippen LogP contribution in [0.15, 0.2) is 24.4 Å². The van der Waals surface area contributed by atoms with E-state index in [2.05, 4.69) is 15.3 Å². The van der Waals surface area contributed by atoms with Crippen molar-refractivity contribution >= 4 is 16.6 Å². The van der Waals surface area contributed by atoms with Gasteiger partial charge < -0.3 is 5.32 Å². The van der Waals surface area contributed by atoms with E-state index in [1.165, 1.54) is 0 Å². The maximum absolute atomic E-state index is 4.31. The monoisotopic (exact) mass is 203 g/mol. The lowest BCUT2D eigenvalue weighted by atomic mass is 10.2. The quantitative estimate of drug-likeness (QED) is 0.774. The Labute approximate surface area is 90.6 Å². The highest BCUT2D eigenvalue weighted by Gasteiger charge is 1.96. The lowest BCUT2D eigenvalue weighted by Crippen LogP contribution is -1.90. The van der Waals surface area contributed by atoms with E-state index in [1.54, 1.807) is 0 Å². The van der Waals surface area contributed by atoms with Crippen LogP contribution in [-0.2, 0) is 0 Å². The molecule has 0 radical (unpaired) electrons. The number of hydrogen-bond acceptors (Lipinski definition) is 3. The summed E-state index contributed by atoms with van der Waals surface area (Å²) in [5.74, 6) is 0.810. The lowest BCUT2D eigenvalue weighted by molar-refractivity contribution is 1.09. The van der Waals surface area contributed by atoms with Gasteiger partial charge in [0.1, 0.15) is 5.82 Å². The van der Waals surface area contributed by atoms with Crippen LogP contribution < -0.4 is 5.32 Å². The first kappa shape index (κ1) is 11.4. The number of nitrogens with zero attached hydrogens (tertiary/aromatic N) is 2. The third kappa shape index (κ3) is 2.65. The number of aromatic nitrogens is 2. The normalized spacial score (nSPS) is 9.33. The minimum atomic E-state index is 0.810. The smallest absolute Gasteiger partial charge is 0.125 e. The second-order valence-electron chi connectivity index (χ2n) is 2.94. The molecule has 1 N–H and O–H groups in total. The van der Waals surface area contributed by atoms with E-state index < -0.39 is 0 Å². The Morgan fingerprint density at radius 1 is 1.20 bits per heavy atom. The summed E-state index contributed by atoms with van der Waals surface area (Å²) in [5, 5.41) is 4.15. The lowest BCUT2D eigenvalue weighted by Gasteiger charge is -2.01. The Kier molecular flexibility index (Phi) is 4.03. The van der Waals surface area contributed by atoms with Crippen LogP contribution in [0.25, 0.3) is 10.9 Å². The number of aryl methyl sites for hydroxylation is 1. The summed E-state index contributed by atoms with van der Waals surface area (Å²) < 4.78 is 0. The molecule has 0 saturated heterocycles. The maximum Gasteiger partial charge on any atom is 0.125 e. The van der Waals surface area contributed by atoms with E-state index in [-0.39, 0.29) is 0 Å². The van der Waals surface area contributed by atoms with Crippen LogP contribution in [0, 0.1) is 6.92 Å². The van der Waals surface area contributed by atoms with Gasteiger partial charge in [-0.05, 0) is 25.1 Å². The van der Waals surface area contributed by atoms with Crippen molar-refractivity contribution in [3.8, 4) is 0 Å². The fourth-order valence-electron chi connectivity index (χ4n) is 1.28. The van der Waals surface area contributed by atoms with E-state index in [9.17, 15) is 0 Å². The summed E-state index contributed by atoms with van der Waals surface area (Å²) in [4.78, 5) is 8.46. The molecule has 0 aliphatic rings. The van der Waals surface area contributed by atoms with Gasteiger partial charge in [-0.25, -0.2) is 9.97 Å². The van der Waals surface area contributed by atoms with Gasteiger partial charge in [-0.3, -0.25) is 0 Å². The molecular formula is C12H17N3. The zero-order chi connectivity index (χ0) is 11.3. The number of fused-ring (bicyclic) bond motifs is 1. The highest BCUT2D eigenvalue weighted by Crippen LogP contribution is 2.15. The molecule has 1 aromatic heterocycles. The van der Waals surface area contributed by atoms with Gasteiger partial charge >= 0.3 is 0 Å². The number of anilines is 1. The van der Waals surface area contributed by atoms with Crippen LogP contribution >= 0.6 is 0 Å². The topological polar surface area (TPSA) is 37.8 Å². The van der Waals surface area contributed by atoms with Gasteiger partial charge in [0.05, 0.1) is 5.52 Å². The molecule has 0 unspecified atom stereocenters. The van der Waals surface area contributed by atoms with Crippen LogP contribution in [0.5, 0.6) is 0 Å². The standard InChI is InChI=1S/C10H11N3.C2H6/c1-7-12-6-8-5-9(11-2)3-4-10(8)13-7;1-2/h3-6,11H,1-2H3;1-2H3. The van der Waals surface area contributed by atoms with E-state index >= 15 is 0 Å². The molecule has 0 bridgehead atoms. The predicted octanol–water partition coefficient (Wildman–Crippen LogP) is 3.01. The molecular weight excluding hydrogens is 186 g/mol. The number of rotatable bonds is 1. The van der Waals surface area contributed by atoms with Gasteiger partial charge in [0.25, 0.3) is 0 Å². The summed E-state index contributed by atoms with van der Waals surface area (Å²) in [6.45, 7) is 5.89. The number of hydrogen-bond donors (Lipinski definition) is 1. The van der Waals surface area contributed by atoms with E-state index in [4.69, 9.17) is 0 Å². The summed E-state index contributed by atoms with van der Waals surface area (Å²) in [5.41, 5.74) is 2.08. The van der Waals surface area contributed by atoms with E-state index in [0.29, 0.717) is 0 Å². The molecule has 2 aromatic rings. The summed E-state index contributed by atoms with van der Waals surface area (Å²) >= 11 is 0. The minimum absolute atomic E-state index is 0.810. The molecule has 2 rings (SSSR count). The van der Waals surface area contributed by atoms with Gasteiger partial charge in [0.2, 0.25) is 0 Å². The Hall–Kier alpha value is -1.64. The molecule has 0 spiro atoms. The first-order valence-electron chi connectivity index (χ1n) is 5.21. The summed E-state index contributed by atoms with van der Waals surface area (Å²) in [6, 6.07) is 6.04. The molecule has 0 aliphatic heterocycles. The molecule has 0 atom stereocenters. The number of nitrogens with one attached hydrogen (secondary N) is 1. The van der Waals surface area contributed by atoms with Gasteiger partial charge in [0.15, 0.2) is 0 Å². The van der Waals surface area contributed by atoms with Crippen molar-refractivity contribution in [1.82, 2.24) is 9.97 Å². The maximum atomic E-state index is 4.31. The predicted molar refractivity (Wildman–Crippen MR) is 65.2 cm³/mol. The second-order valence-corrected chi connectivity index (χ2v) is 2.94. The average molecular weight is 203 g/mol. The summed E-state index contributed by atoms with van der Waals surface area (Å²) in [6.07, 6.45) is 1.85.